The van der Waals surface area contributed by atoms with Gasteiger partial charge in [0, 0.05) is 20.2 Å². The highest BCUT2D eigenvalue weighted by atomic mass is 79.9. The normalized spacial score (nSPS) is 10.8. The summed E-state index contributed by atoms with van der Waals surface area (Å²) in [6.45, 7) is 4.09. The van der Waals surface area contributed by atoms with Crippen molar-refractivity contribution in [3.63, 3.8) is 0 Å². The number of carbonyl (C=O) groups is 1. The number of hydrogen-bond acceptors (Lipinski definition) is 3. The summed E-state index contributed by atoms with van der Waals surface area (Å²) in [7, 11) is 0. The van der Waals surface area contributed by atoms with E-state index in [0.29, 0.717) is 11.5 Å². The number of halogens is 2. The van der Waals surface area contributed by atoms with E-state index in [1.54, 1.807) is 4.68 Å². The Balaban J connectivity index is 1.79. The number of aromatic nitrogens is 3. The van der Waals surface area contributed by atoms with Crippen molar-refractivity contribution in [3.05, 3.63) is 92.6 Å². The highest BCUT2D eigenvalue weighted by Gasteiger charge is 2.20. The third kappa shape index (κ3) is 4.22. The van der Waals surface area contributed by atoms with Crippen molar-refractivity contribution >= 4 is 43.5 Å². The molecule has 0 aliphatic heterocycles. The van der Waals surface area contributed by atoms with Gasteiger partial charge in [-0.1, -0.05) is 56.1 Å². The molecule has 0 spiro atoms. The number of benzene rings is 3. The molecule has 0 saturated heterocycles. The van der Waals surface area contributed by atoms with Crippen LogP contribution >= 0.6 is 31.9 Å². The average molecular weight is 526 g/mol. The molecule has 1 N–H and O–H groups in total. The lowest BCUT2D eigenvalue weighted by Crippen LogP contribution is -2.14. The number of carbonyl (C=O) groups excluding carboxylic acids is 1. The van der Waals surface area contributed by atoms with E-state index in [1.807, 2.05) is 67.6 Å². The molecule has 4 rings (SSSR count). The Kier molecular flexibility index (Phi) is 5.83. The Morgan fingerprint density at radius 1 is 0.900 bits per heavy atom. The van der Waals surface area contributed by atoms with Crippen LogP contribution in [0.4, 0.5) is 5.69 Å². The van der Waals surface area contributed by atoms with Gasteiger partial charge in [-0.15, -0.1) is 5.10 Å². The predicted octanol–water partition coefficient (Wildman–Crippen LogP) is 6.33. The first-order valence-electron chi connectivity index (χ1n) is 9.29. The van der Waals surface area contributed by atoms with Gasteiger partial charge >= 0.3 is 0 Å². The van der Waals surface area contributed by atoms with Gasteiger partial charge in [-0.2, -0.15) is 0 Å². The monoisotopic (exact) mass is 524 g/mol. The molecule has 5 nitrogen and oxygen atoms in total. The van der Waals surface area contributed by atoms with E-state index in [1.165, 1.54) is 0 Å². The summed E-state index contributed by atoms with van der Waals surface area (Å²) in [5, 5.41) is 7.43. The van der Waals surface area contributed by atoms with Crippen molar-refractivity contribution in [1.29, 1.82) is 0 Å². The minimum atomic E-state index is -0.361. The maximum absolute atomic E-state index is 12.9. The van der Waals surface area contributed by atoms with Crippen LogP contribution in [-0.4, -0.2) is 20.7 Å². The Morgan fingerprint density at radius 3 is 2.20 bits per heavy atom. The average Bonchev–Trinajstić information content (AvgIpc) is 3.17. The third-order valence-electron chi connectivity index (χ3n) is 4.82. The summed E-state index contributed by atoms with van der Waals surface area (Å²) in [6, 6.07) is 21.2. The van der Waals surface area contributed by atoms with Crippen LogP contribution in [0.1, 0.15) is 21.7 Å². The largest absolute Gasteiger partial charge is 0.319 e. The molecule has 0 bridgehead atoms. The fourth-order valence-corrected chi connectivity index (χ4v) is 3.58. The molecule has 4 aromatic rings. The van der Waals surface area contributed by atoms with Gasteiger partial charge in [0.1, 0.15) is 0 Å². The fourth-order valence-electron chi connectivity index (χ4n) is 3.05. The Labute approximate surface area is 191 Å². The lowest BCUT2D eigenvalue weighted by Gasteiger charge is -2.11. The SMILES string of the molecule is Cc1cccc(-n2nc(C(=O)Nc3ccc(Br)cc3)nc2-c2ccc(Br)cc2)c1C. The minimum absolute atomic E-state index is 0.108. The number of hydrogen-bond donors (Lipinski definition) is 1. The molecule has 30 heavy (non-hydrogen) atoms. The molecule has 0 unspecified atom stereocenters. The molecule has 1 amide bonds. The van der Waals surface area contributed by atoms with Crippen molar-refractivity contribution in [2.75, 3.05) is 5.32 Å². The second-order valence-electron chi connectivity index (χ2n) is 6.86. The first kappa shape index (κ1) is 20.5. The number of rotatable bonds is 4. The number of nitrogens with zero attached hydrogens (tertiary/aromatic N) is 3. The highest BCUT2D eigenvalue weighted by molar-refractivity contribution is 9.10. The molecule has 1 heterocycles. The van der Waals surface area contributed by atoms with Crippen LogP contribution in [0, 0.1) is 13.8 Å². The second kappa shape index (κ2) is 8.53. The minimum Gasteiger partial charge on any atom is -0.319 e. The Hall–Kier alpha value is -2.77. The van der Waals surface area contributed by atoms with Gasteiger partial charge in [0.25, 0.3) is 5.91 Å². The van der Waals surface area contributed by atoms with E-state index < -0.39 is 0 Å². The molecule has 0 aliphatic rings. The molecule has 0 saturated carbocycles. The molecular formula is C23H18Br2N4O. The van der Waals surface area contributed by atoms with Crippen molar-refractivity contribution in [2.45, 2.75) is 13.8 Å². The summed E-state index contributed by atoms with van der Waals surface area (Å²) in [5.74, 6) is 0.355. The van der Waals surface area contributed by atoms with Crippen LogP contribution in [0.5, 0.6) is 0 Å². The smallest absolute Gasteiger partial charge is 0.295 e. The molecule has 0 fully saturated rings. The van der Waals surface area contributed by atoms with Crippen LogP contribution in [0.2, 0.25) is 0 Å². The first-order valence-corrected chi connectivity index (χ1v) is 10.9. The molecule has 0 radical (unpaired) electrons. The van der Waals surface area contributed by atoms with Crippen LogP contribution in [-0.2, 0) is 0 Å². The van der Waals surface area contributed by atoms with E-state index in [2.05, 4.69) is 60.2 Å². The Morgan fingerprint density at radius 2 is 1.53 bits per heavy atom. The second-order valence-corrected chi connectivity index (χ2v) is 8.69. The molecule has 0 aliphatic carbocycles. The number of aryl methyl sites for hydroxylation is 1. The topological polar surface area (TPSA) is 59.8 Å². The molecular weight excluding hydrogens is 508 g/mol. The number of nitrogens with one attached hydrogen (secondary N) is 1. The van der Waals surface area contributed by atoms with Gasteiger partial charge in [0.2, 0.25) is 5.82 Å². The van der Waals surface area contributed by atoms with E-state index in [0.717, 1.165) is 31.3 Å². The zero-order valence-electron chi connectivity index (χ0n) is 16.4. The lowest BCUT2D eigenvalue weighted by atomic mass is 10.1. The van der Waals surface area contributed by atoms with Gasteiger partial charge < -0.3 is 5.32 Å². The van der Waals surface area contributed by atoms with Gasteiger partial charge in [-0.05, 0) is 67.4 Å². The van der Waals surface area contributed by atoms with E-state index in [9.17, 15) is 4.79 Å². The van der Waals surface area contributed by atoms with Crippen molar-refractivity contribution < 1.29 is 4.79 Å². The number of amides is 1. The summed E-state index contributed by atoms with van der Waals surface area (Å²) >= 11 is 6.86. The van der Waals surface area contributed by atoms with Crippen LogP contribution < -0.4 is 5.32 Å². The quantitative estimate of drug-likeness (QED) is 0.338. The zero-order chi connectivity index (χ0) is 21.3. The van der Waals surface area contributed by atoms with E-state index in [4.69, 9.17) is 0 Å². The Bertz CT molecular complexity index is 1220. The van der Waals surface area contributed by atoms with E-state index >= 15 is 0 Å². The van der Waals surface area contributed by atoms with Gasteiger partial charge in [-0.3, -0.25) is 4.79 Å². The molecule has 3 aromatic carbocycles. The predicted molar refractivity (Wildman–Crippen MR) is 126 cm³/mol. The highest BCUT2D eigenvalue weighted by Crippen LogP contribution is 2.26. The molecule has 1 aromatic heterocycles. The van der Waals surface area contributed by atoms with Gasteiger partial charge in [0.15, 0.2) is 5.82 Å². The molecule has 7 heteroatoms. The summed E-state index contributed by atoms with van der Waals surface area (Å²) in [5.41, 5.74) is 4.67. The van der Waals surface area contributed by atoms with Crippen molar-refractivity contribution in [3.8, 4) is 17.1 Å². The van der Waals surface area contributed by atoms with Crippen molar-refractivity contribution in [2.24, 2.45) is 0 Å². The molecule has 150 valence electrons. The van der Waals surface area contributed by atoms with Crippen LogP contribution in [0.25, 0.3) is 17.1 Å². The maximum atomic E-state index is 12.9. The zero-order valence-corrected chi connectivity index (χ0v) is 19.5. The third-order valence-corrected chi connectivity index (χ3v) is 5.88. The van der Waals surface area contributed by atoms with Crippen LogP contribution in [0.3, 0.4) is 0 Å². The first-order chi connectivity index (χ1) is 14.4. The van der Waals surface area contributed by atoms with Crippen LogP contribution in [0.15, 0.2) is 75.7 Å². The maximum Gasteiger partial charge on any atom is 0.295 e. The standard InChI is InChI=1S/C23H18Br2N4O/c1-14-4-3-5-20(15(14)2)29-22(16-6-8-17(24)9-7-16)27-21(28-29)23(30)26-19-12-10-18(25)11-13-19/h3-13H,1-2H3,(H,26,30). The molecule has 0 atom stereocenters. The summed E-state index contributed by atoms with van der Waals surface area (Å²) in [6.07, 6.45) is 0. The summed E-state index contributed by atoms with van der Waals surface area (Å²) in [4.78, 5) is 17.5. The fraction of sp³-hybridized carbons (Fsp3) is 0.0870. The summed E-state index contributed by atoms with van der Waals surface area (Å²) < 4.78 is 3.65. The number of anilines is 1. The van der Waals surface area contributed by atoms with E-state index in [-0.39, 0.29) is 11.7 Å². The lowest BCUT2D eigenvalue weighted by molar-refractivity contribution is 0.101. The van der Waals surface area contributed by atoms with Gasteiger partial charge in [0.05, 0.1) is 5.69 Å². The van der Waals surface area contributed by atoms with Gasteiger partial charge in [-0.25, -0.2) is 9.67 Å². The van der Waals surface area contributed by atoms with Crippen molar-refractivity contribution in [1.82, 2.24) is 14.8 Å².